The van der Waals surface area contributed by atoms with Crippen LogP contribution in [0.2, 0.25) is 0 Å². The lowest BCUT2D eigenvalue weighted by atomic mass is 9.99. The predicted octanol–water partition coefficient (Wildman–Crippen LogP) is 2.25. The summed E-state index contributed by atoms with van der Waals surface area (Å²) in [6, 6.07) is 5.51. The second-order valence-corrected chi connectivity index (χ2v) is 6.84. The van der Waals surface area contributed by atoms with Gasteiger partial charge in [0.2, 0.25) is 0 Å². The summed E-state index contributed by atoms with van der Waals surface area (Å²) in [5.41, 5.74) is 6.56. The molecule has 1 saturated heterocycles. The van der Waals surface area contributed by atoms with Crippen LogP contribution in [0, 0.1) is 11.3 Å². The van der Waals surface area contributed by atoms with E-state index >= 15 is 0 Å². The van der Waals surface area contributed by atoms with E-state index < -0.39 is 24.4 Å². The monoisotopic (exact) mass is 397 g/mol. The molecule has 1 unspecified atom stereocenters. The number of rotatable bonds is 4. The molecule has 8 nitrogen and oxygen atoms in total. The number of aromatic amines is 1. The van der Waals surface area contributed by atoms with Crippen LogP contribution >= 0.6 is 0 Å². The number of aromatic nitrogens is 3. The van der Waals surface area contributed by atoms with Crippen molar-refractivity contribution < 1.29 is 13.6 Å². The summed E-state index contributed by atoms with van der Waals surface area (Å²) in [5.74, 6) is -3.46. The van der Waals surface area contributed by atoms with Crippen molar-refractivity contribution in [3.05, 3.63) is 47.9 Å². The first kappa shape index (κ1) is 18.6. The number of nitrogens with zero attached hydrogens (tertiary/aromatic N) is 4. The molecule has 148 valence electrons. The molecule has 29 heavy (non-hydrogen) atoms. The number of fused-ring (bicyclic) bond motifs is 1. The van der Waals surface area contributed by atoms with Crippen molar-refractivity contribution in [3.8, 4) is 6.07 Å². The number of alkyl halides is 2. The van der Waals surface area contributed by atoms with Crippen LogP contribution in [0.15, 0.2) is 36.8 Å². The molecule has 4 heterocycles. The van der Waals surface area contributed by atoms with E-state index in [4.69, 9.17) is 11.0 Å². The second kappa shape index (κ2) is 7.01. The van der Waals surface area contributed by atoms with Gasteiger partial charge in [0.15, 0.2) is 0 Å². The number of nitrogens with one attached hydrogen (secondary N) is 2. The van der Waals surface area contributed by atoms with Crippen molar-refractivity contribution in [2.75, 3.05) is 23.3 Å². The molecule has 0 aliphatic carbocycles. The van der Waals surface area contributed by atoms with Gasteiger partial charge in [-0.3, -0.25) is 4.79 Å². The van der Waals surface area contributed by atoms with E-state index in [9.17, 15) is 13.6 Å². The van der Waals surface area contributed by atoms with E-state index in [2.05, 4.69) is 20.3 Å². The fraction of sp³-hybridized carbons (Fsp3) is 0.263. The molecule has 4 rings (SSSR count). The number of carbonyl (C=O) groups excluding carboxylic acids is 1. The number of hydrogen-bond acceptors (Lipinski definition) is 6. The van der Waals surface area contributed by atoms with E-state index in [1.54, 1.807) is 24.4 Å². The maximum atomic E-state index is 15.0. The zero-order valence-electron chi connectivity index (χ0n) is 15.2. The van der Waals surface area contributed by atoms with Gasteiger partial charge < -0.3 is 20.9 Å². The normalized spacial score (nSPS) is 18.4. The number of hydrogen-bond donors (Lipinski definition) is 3. The molecule has 4 N–H and O–H groups in total. The first-order chi connectivity index (χ1) is 13.9. The van der Waals surface area contributed by atoms with Crippen LogP contribution in [-0.4, -0.2) is 45.9 Å². The molecule has 10 heteroatoms. The van der Waals surface area contributed by atoms with Gasteiger partial charge in [0, 0.05) is 30.5 Å². The van der Waals surface area contributed by atoms with Crippen LogP contribution in [0.3, 0.4) is 0 Å². The maximum absolute atomic E-state index is 15.0. The quantitative estimate of drug-likeness (QED) is 0.620. The number of anilines is 2. The summed E-state index contributed by atoms with van der Waals surface area (Å²) in [6.07, 6.45) is 4.36. The highest BCUT2D eigenvalue weighted by atomic mass is 19.3. The van der Waals surface area contributed by atoms with Crippen LogP contribution in [0.1, 0.15) is 22.3 Å². The average Bonchev–Trinajstić information content (AvgIpc) is 3.18. The molecule has 1 fully saturated rings. The SMILES string of the molecule is N#Cc1ccc(N2CCC(Nc3c(C(N)=O)cnc4[nH]ccc34)C(F)(F)C2)nc1. The summed E-state index contributed by atoms with van der Waals surface area (Å²) in [6.45, 7) is -0.212. The Hall–Kier alpha value is -3.74. The number of nitrogens with two attached hydrogens (primary N) is 1. The van der Waals surface area contributed by atoms with E-state index in [1.807, 2.05) is 6.07 Å². The molecule has 3 aromatic rings. The fourth-order valence-corrected chi connectivity index (χ4v) is 3.48. The van der Waals surface area contributed by atoms with Gasteiger partial charge in [-0.1, -0.05) is 0 Å². The molecule has 3 aromatic heterocycles. The Morgan fingerprint density at radius 1 is 1.34 bits per heavy atom. The minimum Gasteiger partial charge on any atom is -0.375 e. The molecule has 0 bridgehead atoms. The standard InChI is InChI=1S/C19H17F2N7O/c20-19(21)10-28(15-2-1-11(7-22)8-25-15)6-4-14(19)27-16-12-3-5-24-18(12)26-9-13(16)17(23)29/h1-3,5,8-9,14H,4,6,10H2,(H2,23,29)(H2,24,26,27). The molecular formula is C19H17F2N7O. The predicted molar refractivity (Wildman–Crippen MR) is 103 cm³/mol. The number of pyridine rings is 2. The number of amides is 1. The summed E-state index contributed by atoms with van der Waals surface area (Å²) in [5, 5.41) is 12.2. The number of primary amides is 1. The van der Waals surface area contributed by atoms with Crippen molar-refractivity contribution in [1.82, 2.24) is 15.0 Å². The third-order valence-corrected chi connectivity index (χ3v) is 4.97. The van der Waals surface area contributed by atoms with Gasteiger partial charge in [-0.05, 0) is 24.6 Å². The van der Waals surface area contributed by atoms with Crippen molar-refractivity contribution in [2.24, 2.45) is 5.73 Å². The zero-order chi connectivity index (χ0) is 20.6. The van der Waals surface area contributed by atoms with E-state index in [1.165, 1.54) is 17.3 Å². The number of H-pyrrole nitrogens is 1. The van der Waals surface area contributed by atoms with Crippen LogP contribution in [-0.2, 0) is 0 Å². The van der Waals surface area contributed by atoms with Crippen LogP contribution in [0.4, 0.5) is 20.3 Å². The number of halogens is 2. The molecule has 1 aliphatic rings. The molecule has 0 aromatic carbocycles. The van der Waals surface area contributed by atoms with Gasteiger partial charge in [0.25, 0.3) is 11.8 Å². The Balaban J connectivity index is 1.59. The fourth-order valence-electron chi connectivity index (χ4n) is 3.48. The third-order valence-electron chi connectivity index (χ3n) is 4.97. The highest BCUT2D eigenvalue weighted by molar-refractivity contribution is 6.06. The second-order valence-electron chi connectivity index (χ2n) is 6.84. The summed E-state index contributed by atoms with van der Waals surface area (Å²) >= 11 is 0. The van der Waals surface area contributed by atoms with E-state index in [-0.39, 0.29) is 17.7 Å². The van der Waals surface area contributed by atoms with Gasteiger partial charge in [-0.25, -0.2) is 18.7 Å². The van der Waals surface area contributed by atoms with E-state index in [0.29, 0.717) is 29.0 Å². The molecule has 0 radical (unpaired) electrons. The lowest BCUT2D eigenvalue weighted by molar-refractivity contribution is -0.0233. The minimum absolute atomic E-state index is 0.0593. The van der Waals surface area contributed by atoms with Crippen molar-refractivity contribution in [1.29, 1.82) is 5.26 Å². The first-order valence-corrected chi connectivity index (χ1v) is 8.90. The minimum atomic E-state index is -3.10. The molecule has 1 atom stereocenters. The lowest BCUT2D eigenvalue weighted by Gasteiger charge is -2.39. The average molecular weight is 397 g/mol. The Bertz CT molecular complexity index is 1100. The maximum Gasteiger partial charge on any atom is 0.284 e. The number of piperidine rings is 1. The summed E-state index contributed by atoms with van der Waals surface area (Å²) < 4.78 is 29.9. The summed E-state index contributed by atoms with van der Waals surface area (Å²) in [7, 11) is 0. The lowest BCUT2D eigenvalue weighted by Crippen LogP contribution is -2.55. The highest BCUT2D eigenvalue weighted by Crippen LogP contribution is 2.34. The zero-order valence-corrected chi connectivity index (χ0v) is 15.2. The van der Waals surface area contributed by atoms with Gasteiger partial charge in [-0.15, -0.1) is 0 Å². The van der Waals surface area contributed by atoms with Crippen LogP contribution in [0.25, 0.3) is 11.0 Å². The number of carbonyl (C=O) groups is 1. The molecule has 0 saturated carbocycles. The van der Waals surface area contributed by atoms with Gasteiger partial charge in [-0.2, -0.15) is 5.26 Å². The highest BCUT2D eigenvalue weighted by Gasteiger charge is 2.45. The van der Waals surface area contributed by atoms with Crippen molar-refractivity contribution >= 4 is 28.4 Å². The van der Waals surface area contributed by atoms with Crippen LogP contribution in [0.5, 0.6) is 0 Å². The van der Waals surface area contributed by atoms with Crippen molar-refractivity contribution in [3.63, 3.8) is 0 Å². The van der Waals surface area contributed by atoms with E-state index in [0.717, 1.165) is 0 Å². The molecule has 1 aliphatic heterocycles. The molecule has 1 amide bonds. The smallest absolute Gasteiger partial charge is 0.284 e. The Morgan fingerprint density at radius 3 is 2.83 bits per heavy atom. The summed E-state index contributed by atoms with van der Waals surface area (Å²) in [4.78, 5) is 24.3. The Labute approximate surface area is 164 Å². The Morgan fingerprint density at radius 2 is 2.17 bits per heavy atom. The van der Waals surface area contributed by atoms with Gasteiger partial charge >= 0.3 is 0 Å². The number of nitriles is 1. The largest absolute Gasteiger partial charge is 0.375 e. The molecular weight excluding hydrogens is 380 g/mol. The molecule has 0 spiro atoms. The van der Waals surface area contributed by atoms with Gasteiger partial charge in [0.05, 0.1) is 29.4 Å². The third kappa shape index (κ3) is 3.42. The first-order valence-electron chi connectivity index (χ1n) is 8.90. The van der Waals surface area contributed by atoms with Crippen molar-refractivity contribution in [2.45, 2.75) is 18.4 Å². The topological polar surface area (TPSA) is 124 Å². The Kier molecular flexibility index (Phi) is 4.50. The van der Waals surface area contributed by atoms with Gasteiger partial charge in [0.1, 0.15) is 17.5 Å². The van der Waals surface area contributed by atoms with Crippen LogP contribution < -0.4 is 16.0 Å².